The summed E-state index contributed by atoms with van der Waals surface area (Å²) in [6, 6.07) is 5.98. The second kappa shape index (κ2) is 5.25. The first-order valence-electron chi connectivity index (χ1n) is 6.67. The van der Waals surface area contributed by atoms with Gasteiger partial charge in [0.05, 0.1) is 5.60 Å². The van der Waals surface area contributed by atoms with E-state index >= 15 is 0 Å². The number of hydrogen-bond acceptors (Lipinski definition) is 3. The lowest BCUT2D eigenvalue weighted by atomic mass is 9.96. The summed E-state index contributed by atoms with van der Waals surface area (Å²) in [5.41, 5.74) is 0.0141. The maximum atomic E-state index is 12.4. The largest absolute Gasteiger partial charge is 0.480 e. The molecule has 20 heavy (non-hydrogen) atoms. The van der Waals surface area contributed by atoms with E-state index in [0.29, 0.717) is 30.5 Å². The number of likely N-dealkylation sites (tertiary alicyclic amines) is 1. The first-order chi connectivity index (χ1) is 9.30. The van der Waals surface area contributed by atoms with Gasteiger partial charge in [0, 0.05) is 12.1 Å². The van der Waals surface area contributed by atoms with Gasteiger partial charge in [0.15, 0.2) is 0 Å². The van der Waals surface area contributed by atoms with E-state index in [9.17, 15) is 14.7 Å². The van der Waals surface area contributed by atoms with E-state index < -0.39 is 17.6 Å². The van der Waals surface area contributed by atoms with Crippen molar-refractivity contribution in [3.8, 4) is 0 Å². The van der Waals surface area contributed by atoms with E-state index in [2.05, 4.69) is 0 Å². The van der Waals surface area contributed by atoms with E-state index in [4.69, 9.17) is 5.11 Å². The van der Waals surface area contributed by atoms with Crippen molar-refractivity contribution < 1.29 is 19.8 Å². The number of carboxylic acid groups (broad SMARTS) is 1. The Balaban J connectivity index is 2.28. The molecule has 1 saturated heterocycles. The molecule has 5 heteroatoms. The Morgan fingerprint density at radius 3 is 2.65 bits per heavy atom. The number of aliphatic hydroxyl groups is 1. The molecule has 1 aliphatic rings. The van der Waals surface area contributed by atoms with Crippen LogP contribution in [-0.2, 0) is 10.4 Å². The molecular weight excluding hydrogens is 258 g/mol. The predicted molar refractivity (Wildman–Crippen MR) is 73.4 cm³/mol. The molecule has 0 bridgehead atoms. The van der Waals surface area contributed by atoms with Crippen molar-refractivity contribution >= 4 is 11.9 Å². The topological polar surface area (TPSA) is 77.8 Å². The number of hydrogen-bond donors (Lipinski definition) is 2. The Morgan fingerprint density at radius 2 is 2.05 bits per heavy atom. The fourth-order valence-electron chi connectivity index (χ4n) is 2.47. The number of carbonyl (C=O) groups is 2. The molecule has 108 valence electrons. The summed E-state index contributed by atoms with van der Waals surface area (Å²) in [7, 11) is 0. The van der Waals surface area contributed by atoms with Gasteiger partial charge in [-0.1, -0.05) is 12.1 Å². The number of carbonyl (C=O) groups excluding carboxylic acids is 1. The number of amides is 1. The predicted octanol–water partition coefficient (Wildman–Crippen LogP) is 1.60. The number of aliphatic carboxylic acids is 1. The Morgan fingerprint density at radius 1 is 1.35 bits per heavy atom. The van der Waals surface area contributed by atoms with Crippen molar-refractivity contribution in [1.82, 2.24) is 4.90 Å². The van der Waals surface area contributed by atoms with E-state index in [-0.39, 0.29) is 5.91 Å². The molecule has 1 aliphatic heterocycles. The van der Waals surface area contributed by atoms with Crippen molar-refractivity contribution in [1.29, 1.82) is 0 Å². The zero-order chi connectivity index (χ0) is 14.9. The Bertz CT molecular complexity index is 533. The van der Waals surface area contributed by atoms with Crippen molar-refractivity contribution in [2.24, 2.45) is 0 Å². The van der Waals surface area contributed by atoms with Gasteiger partial charge in [0.25, 0.3) is 5.91 Å². The zero-order valence-electron chi connectivity index (χ0n) is 11.7. The smallest absolute Gasteiger partial charge is 0.326 e. The Kier molecular flexibility index (Phi) is 3.81. The summed E-state index contributed by atoms with van der Waals surface area (Å²) in [5.74, 6) is -1.25. The molecule has 0 saturated carbocycles. The van der Waals surface area contributed by atoms with Crippen molar-refractivity contribution in [2.45, 2.75) is 38.3 Å². The van der Waals surface area contributed by atoms with Crippen LogP contribution in [0.4, 0.5) is 0 Å². The molecule has 1 aromatic carbocycles. The monoisotopic (exact) mass is 277 g/mol. The fraction of sp³-hybridized carbons (Fsp3) is 0.467. The van der Waals surface area contributed by atoms with Crippen molar-refractivity contribution in [3.63, 3.8) is 0 Å². The molecule has 1 heterocycles. The lowest BCUT2D eigenvalue weighted by molar-refractivity contribution is -0.141. The highest BCUT2D eigenvalue weighted by Crippen LogP contribution is 2.24. The van der Waals surface area contributed by atoms with Gasteiger partial charge in [-0.3, -0.25) is 4.79 Å². The van der Waals surface area contributed by atoms with Crippen LogP contribution in [0.25, 0.3) is 0 Å². The highest BCUT2D eigenvalue weighted by Gasteiger charge is 2.34. The van der Waals surface area contributed by atoms with Crippen LogP contribution in [0.5, 0.6) is 0 Å². The van der Waals surface area contributed by atoms with Gasteiger partial charge in [-0.05, 0) is 44.4 Å². The minimum atomic E-state index is -1.03. The third kappa shape index (κ3) is 2.82. The molecule has 0 spiro atoms. The molecule has 1 atom stereocenters. The zero-order valence-corrected chi connectivity index (χ0v) is 11.7. The van der Waals surface area contributed by atoms with Gasteiger partial charge in [0.1, 0.15) is 6.04 Å². The van der Waals surface area contributed by atoms with Crippen LogP contribution < -0.4 is 0 Å². The highest BCUT2D eigenvalue weighted by molar-refractivity contribution is 5.97. The fourth-order valence-corrected chi connectivity index (χ4v) is 2.47. The van der Waals surface area contributed by atoms with Crippen LogP contribution >= 0.6 is 0 Å². The van der Waals surface area contributed by atoms with Gasteiger partial charge in [0.2, 0.25) is 0 Å². The van der Waals surface area contributed by atoms with Crippen LogP contribution in [-0.4, -0.2) is 39.6 Å². The number of nitrogens with zero attached hydrogens (tertiary/aromatic N) is 1. The van der Waals surface area contributed by atoms with Gasteiger partial charge in [-0.25, -0.2) is 4.79 Å². The second-order valence-corrected chi connectivity index (χ2v) is 5.63. The molecule has 0 aromatic heterocycles. The van der Waals surface area contributed by atoms with E-state index in [0.717, 1.165) is 0 Å². The van der Waals surface area contributed by atoms with Crippen LogP contribution in [0.15, 0.2) is 24.3 Å². The van der Waals surface area contributed by atoms with Crippen molar-refractivity contribution in [2.75, 3.05) is 6.54 Å². The summed E-state index contributed by atoms with van der Waals surface area (Å²) < 4.78 is 0. The molecule has 5 nitrogen and oxygen atoms in total. The lowest BCUT2D eigenvalue weighted by Gasteiger charge is -2.23. The summed E-state index contributed by atoms with van der Waals surface area (Å²) >= 11 is 0. The summed E-state index contributed by atoms with van der Waals surface area (Å²) in [4.78, 5) is 25.0. The van der Waals surface area contributed by atoms with Crippen LogP contribution in [0.2, 0.25) is 0 Å². The Labute approximate surface area is 117 Å². The maximum Gasteiger partial charge on any atom is 0.326 e. The first kappa shape index (κ1) is 14.5. The van der Waals surface area contributed by atoms with Crippen LogP contribution in [0, 0.1) is 0 Å². The van der Waals surface area contributed by atoms with Gasteiger partial charge < -0.3 is 15.1 Å². The third-order valence-corrected chi connectivity index (χ3v) is 3.61. The van der Waals surface area contributed by atoms with Gasteiger partial charge >= 0.3 is 5.97 Å². The molecule has 2 N–H and O–H groups in total. The first-order valence-corrected chi connectivity index (χ1v) is 6.67. The van der Waals surface area contributed by atoms with E-state index in [1.165, 1.54) is 4.90 Å². The molecule has 1 fully saturated rings. The molecule has 1 unspecified atom stereocenters. The number of benzene rings is 1. The molecule has 0 aliphatic carbocycles. The minimum Gasteiger partial charge on any atom is -0.480 e. The third-order valence-electron chi connectivity index (χ3n) is 3.61. The molecule has 0 radical (unpaired) electrons. The van der Waals surface area contributed by atoms with E-state index in [1.807, 2.05) is 0 Å². The van der Waals surface area contributed by atoms with Gasteiger partial charge in [-0.2, -0.15) is 0 Å². The lowest BCUT2D eigenvalue weighted by Crippen LogP contribution is -2.40. The van der Waals surface area contributed by atoms with Crippen LogP contribution in [0.3, 0.4) is 0 Å². The molecular formula is C15H19NO4. The maximum absolute atomic E-state index is 12.4. The second-order valence-electron chi connectivity index (χ2n) is 5.63. The number of carboxylic acids is 1. The minimum absolute atomic E-state index is 0.291. The summed E-state index contributed by atoms with van der Waals surface area (Å²) in [5, 5.41) is 19.1. The molecule has 2 rings (SSSR count). The van der Waals surface area contributed by atoms with Crippen molar-refractivity contribution in [3.05, 3.63) is 35.4 Å². The normalized spacial score (nSPS) is 19.1. The van der Waals surface area contributed by atoms with E-state index in [1.54, 1.807) is 38.1 Å². The molecule has 1 amide bonds. The van der Waals surface area contributed by atoms with Gasteiger partial charge in [-0.15, -0.1) is 0 Å². The standard InChI is InChI=1S/C15H19NO4/c1-15(2,20)11-6-3-5-10(9-11)13(17)16-8-4-7-12(16)14(18)19/h3,5-6,9,12,20H,4,7-8H2,1-2H3,(H,18,19). The SMILES string of the molecule is CC(C)(O)c1cccc(C(=O)N2CCCC2C(=O)O)c1. The molecule has 1 aromatic rings. The Hall–Kier alpha value is -1.88. The summed E-state index contributed by atoms with van der Waals surface area (Å²) in [6.07, 6.45) is 1.19. The van der Waals surface area contributed by atoms with Crippen LogP contribution in [0.1, 0.15) is 42.6 Å². The average Bonchev–Trinajstić information content (AvgIpc) is 2.86. The summed E-state index contributed by atoms with van der Waals surface area (Å²) in [6.45, 7) is 3.75. The quantitative estimate of drug-likeness (QED) is 0.879. The highest BCUT2D eigenvalue weighted by atomic mass is 16.4. The average molecular weight is 277 g/mol. The number of rotatable bonds is 3.